The number of hydrogen-bond donors (Lipinski definition) is 3. The van der Waals surface area contributed by atoms with Crippen LogP contribution in [0.25, 0.3) is 0 Å². The maximum atomic E-state index is 12.6. The Kier molecular flexibility index (Phi) is 6.55. The SMILES string of the molecule is CC(C)(/C=C/SNC(=O)Nc1c2c(cc3c1CCC3)CCC2)NC1CCCCC1. The van der Waals surface area contributed by atoms with E-state index in [0.717, 1.165) is 31.4 Å². The predicted octanol–water partition coefficient (Wildman–Crippen LogP) is 5.65. The number of carbonyl (C=O) groups is 1. The molecule has 4 rings (SSSR count). The molecular formula is C24H35N3OS. The van der Waals surface area contributed by atoms with Gasteiger partial charge in [-0.05, 0) is 105 Å². The van der Waals surface area contributed by atoms with Gasteiger partial charge in [-0.25, -0.2) is 4.79 Å². The van der Waals surface area contributed by atoms with Crippen molar-refractivity contribution in [1.82, 2.24) is 10.0 Å². The molecule has 0 radical (unpaired) electrons. The summed E-state index contributed by atoms with van der Waals surface area (Å²) in [6.07, 6.45) is 15.6. The molecule has 0 atom stereocenters. The van der Waals surface area contributed by atoms with Crippen molar-refractivity contribution in [2.45, 2.75) is 96.1 Å². The first kappa shape index (κ1) is 20.8. The Labute approximate surface area is 179 Å². The van der Waals surface area contributed by atoms with E-state index in [1.807, 2.05) is 5.41 Å². The molecule has 0 heterocycles. The third-order valence-electron chi connectivity index (χ3n) is 6.60. The lowest BCUT2D eigenvalue weighted by Gasteiger charge is -2.31. The molecule has 0 aliphatic heterocycles. The number of urea groups is 1. The zero-order chi connectivity index (χ0) is 20.3. The second kappa shape index (κ2) is 9.13. The summed E-state index contributed by atoms with van der Waals surface area (Å²) in [5, 5.41) is 8.93. The molecule has 1 aromatic rings. The van der Waals surface area contributed by atoms with Crippen LogP contribution in [0.1, 0.15) is 81.0 Å². The van der Waals surface area contributed by atoms with Gasteiger partial charge in [0.05, 0.1) is 0 Å². The molecule has 3 aliphatic carbocycles. The molecule has 158 valence electrons. The molecule has 1 saturated carbocycles. The molecule has 3 aliphatic rings. The summed E-state index contributed by atoms with van der Waals surface area (Å²) in [5.41, 5.74) is 6.69. The highest BCUT2D eigenvalue weighted by Gasteiger charge is 2.25. The Hall–Kier alpha value is -1.46. The van der Waals surface area contributed by atoms with Gasteiger partial charge in [0.25, 0.3) is 0 Å². The van der Waals surface area contributed by atoms with Crippen molar-refractivity contribution in [3.63, 3.8) is 0 Å². The minimum Gasteiger partial charge on any atom is -0.307 e. The molecule has 0 aromatic heterocycles. The number of hydrogen-bond acceptors (Lipinski definition) is 3. The smallest absolute Gasteiger partial charge is 0.307 e. The van der Waals surface area contributed by atoms with Gasteiger partial charge in [0.15, 0.2) is 0 Å². The lowest BCUT2D eigenvalue weighted by Crippen LogP contribution is -2.45. The minimum absolute atomic E-state index is 0.0613. The Balaban J connectivity index is 1.30. The molecule has 1 fully saturated rings. The lowest BCUT2D eigenvalue weighted by molar-refractivity contribution is 0.257. The van der Waals surface area contributed by atoms with Crippen LogP contribution in [0, 0.1) is 0 Å². The standard InChI is InChI=1S/C24H35N3OS/c1-24(2,26-19-10-4-3-5-11-19)14-15-29-27-23(28)25-22-20-12-6-8-17(20)16-18-9-7-13-21(18)22/h14-16,19,26H,3-13H2,1-2H3,(H2,25,27,28)/b15-14+. The third kappa shape index (κ3) is 5.18. The fraction of sp³-hybridized carbons (Fsp3) is 0.625. The van der Waals surface area contributed by atoms with E-state index in [1.54, 1.807) is 0 Å². The first-order chi connectivity index (χ1) is 14.0. The molecule has 0 bridgehead atoms. The Bertz CT molecular complexity index is 749. The van der Waals surface area contributed by atoms with Gasteiger partial charge < -0.3 is 10.6 Å². The summed E-state index contributed by atoms with van der Waals surface area (Å²) in [6, 6.07) is 2.89. The Morgan fingerprint density at radius 1 is 1.00 bits per heavy atom. The average Bonchev–Trinajstić information content (AvgIpc) is 3.35. The number of amides is 2. The van der Waals surface area contributed by atoms with Crippen molar-refractivity contribution >= 4 is 23.7 Å². The van der Waals surface area contributed by atoms with Crippen molar-refractivity contribution in [3.8, 4) is 0 Å². The first-order valence-corrected chi connectivity index (χ1v) is 12.2. The molecule has 2 amide bonds. The number of rotatable bonds is 6. The van der Waals surface area contributed by atoms with Crippen molar-refractivity contribution in [1.29, 1.82) is 0 Å². The van der Waals surface area contributed by atoms with E-state index in [9.17, 15) is 4.79 Å². The summed E-state index contributed by atoms with van der Waals surface area (Å²) in [6.45, 7) is 4.41. The zero-order valence-electron chi connectivity index (χ0n) is 17.9. The number of fused-ring (bicyclic) bond motifs is 2. The van der Waals surface area contributed by atoms with E-state index in [2.05, 4.69) is 41.3 Å². The van der Waals surface area contributed by atoms with Crippen LogP contribution in [0.3, 0.4) is 0 Å². The molecule has 0 unspecified atom stereocenters. The van der Waals surface area contributed by atoms with Gasteiger partial charge in [0.2, 0.25) is 0 Å². The molecule has 0 saturated heterocycles. The molecule has 1 aromatic carbocycles. The highest BCUT2D eigenvalue weighted by Crippen LogP contribution is 2.38. The monoisotopic (exact) mass is 413 g/mol. The van der Waals surface area contributed by atoms with Crippen molar-refractivity contribution in [2.75, 3.05) is 5.32 Å². The van der Waals surface area contributed by atoms with E-state index in [0.29, 0.717) is 6.04 Å². The highest BCUT2D eigenvalue weighted by molar-refractivity contribution is 8.00. The Morgan fingerprint density at radius 3 is 2.31 bits per heavy atom. The number of aryl methyl sites for hydroxylation is 2. The molecular weight excluding hydrogens is 378 g/mol. The first-order valence-electron chi connectivity index (χ1n) is 11.4. The van der Waals surface area contributed by atoms with Crippen LogP contribution in [0.15, 0.2) is 17.6 Å². The van der Waals surface area contributed by atoms with Crippen molar-refractivity contribution in [2.24, 2.45) is 0 Å². The second-order valence-corrected chi connectivity index (χ2v) is 10.1. The maximum absolute atomic E-state index is 12.6. The normalized spacial score (nSPS) is 19.4. The van der Waals surface area contributed by atoms with Crippen LogP contribution in [0.4, 0.5) is 10.5 Å². The lowest BCUT2D eigenvalue weighted by atomic mass is 9.93. The maximum Gasteiger partial charge on any atom is 0.329 e. The van der Waals surface area contributed by atoms with Gasteiger partial charge in [-0.1, -0.05) is 31.4 Å². The quantitative estimate of drug-likeness (QED) is 0.528. The largest absolute Gasteiger partial charge is 0.329 e. The van der Waals surface area contributed by atoms with Gasteiger partial charge in [-0.2, -0.15) is 0 Å². The van der Waals surface area contributed by atoms with Crippen LogP contribution < -0.4 is 15.4 Å². The van der Waals surface area contributed by atoms with Gasteiger partial charge in [0.1, 0.15) is 0 Å². The van der Waals surface area contributed by atoms with Crippen molar-refractivity contribution in [3.05, 3.63) is 39.8 Å². The summed E-state index contributed by atoms with van der Waals surface area (Å²) in [7, 11) is 0. The van der Waals surface area contributed by atoms with E-state index in [1.165, 1.54) is 79.1 Å². The average molecular weight is 414 g/mol. The van der Waals surface area contributed by atoms with Crippen LogP contribution in [-0.4, -0.2) is 17.6 Å². The van der Waals surface area contributed by atoms with Crippen LogP contribution in [0.2, 0.25) is 0 Å². The minimum atomic E-state index is -0.118. The van der Waals surface area contributed by atoms with Gasteiger partial charge in [0, 0.05) is 17.3 Å². The van der Waals surface area contributed by atoms with Crippen LogP contribution >= 0.6 is 11.9 Å². The molecule has 0 spiro atoms. The third-order valence-corrected chi connectivity index (χ3v) is 7.17. The van der Waals surface area contributed by atoms with Crippen LogP contribution in [-0.2, 0) is 25.7 Å². The molecule has 29 heavy (non-hydrogen) atoms. The van der Waals surface area contributed by atoms with E-state index < -0.39 is 0 Å². The number of nitrogens with one attached hydrogen (secondary N) is 3. The fourth-order valence-electron chi connectivity index (χ4n) is 5.22. The number of benzene rings is 1. The van der Waals surface area contributed by atoms with Gasteiger partial charge in [-0.15, -0.1) is 0 Å². The number of anilines is 1. The zero-order valence-corrected chi connectivity index (χ0v) is 18.7. The van der Waals surface area contributed by atoms with Gasteiger partial charge >= 0.3 is 6.03 Å². The second-order valence-electron chi connectivity index (χ2n) is 9.41. The van der Waals surface area contributed by atoms with Gasteiger partial charge in [-0.3, -0.25) is 4.72 Å². The molecule has 3 N–H and O–H groups in total. The number of carbonyl (C=O) groups excluding carboxylic acids is 1. The fourth-order valence-corrected chi connectivity index (χ4v) is 5.85. The van der Waals surface area contributed by atoms with Crippen molar-refractivity contribution < 1.29 is 4.79 Å². The summed E-state index contributed by atoms with van der Waals surface area (Å²) in [5.74, 6) is 0. The van der Waals surface area contributed by atoms with E-state index in [4.69, 9.17) is 0 Å². The van der Waals surface area contributed by atoms with E-state index >= 15 is 0 Å². The molecule has 5 heteroatoms. The predicted molar refractivity (Wildman–Crippen MR) is 123 cm³/mol. The highest BCUT2D eigenvalue weighted by atomic mass is 32.2. The molecule has 4 nitrogen and oxygen atoms in total. The summed E-state index contributed by atoms with van der Waals surface area (Å²) in [4.78, 5) is 12.6. The summed E-state index contributed by atoms with van der Waals surface area (Å²) < 4.78 is 2.94. The Morgan fingerprint density at radius 2 is 1.66 bits per heavy atom. The van der Waals surface area contributed by atoms with Crippen LogP contribution in [0.5, 0.6) is 0 Å². The summed E-state index contributed by atoms with van der Waals surface area (Å²) >= 11 is 1.35. The van der Waals surface area contributed by atoms with E-state index in [-0.39, 0.29) is 11.6 Å². The topological polar surface area (TPSA) is 53.2 Å².